The van der Waals surface area contributed by atoms with Crippen LogP contribution in [0.4, 0.5) is 11.5 Å². The number of rotatable bonds is 8. The highest BCUT2D eigenvalue weighted by atomic mass is 32.2. The van der Waals surface area contributed by atoms with Gasteiger partial charge in [-0.3, -0.25) is 14.4 Å². The van der Waals surface area contributed by atoms with E-state index in [2.05, 4.69) is 14.7 Å². The van der Waals surface area contributed by atoms with Gasteiger partial charge in [-0.15, -0.1) is 0 Å². The van der Waals surface area contributed by atoms with Crippen molar-refractivity contribution < 1.29 is 13.2 Å². The van der Waals surface area contributed by atoms with Crippen molar-refractivity contribution in [3.05, 3.63) is 42.6 Å². The van der Waals surface area contributed by atoms with Crippen LogP contribution in [0.2, 0.25) is 0 Å². The third-order valence-corrected chi connectivity index (χ3v) is 6.91. The van der Waals surface area contributed by atoms with Gasteiger partial charge in [0.1, 0.15) is 11.5 Å². The van der Waals surface area contributed by atoms with E-state index in [-0.39, 0.29) is 11.8 Å². The van der Waals surface area contributed by atoms with Gasteiger partial charge in [0.05, 0.1) is 5.75 Å². The van der Waals surface area contributed by atoms with E-state index >= 15 is 0 Å². The maximum absolute atomic E-state index is 12.2. The van der Waals surface area contributed by atoms with Crippen LogP contribution in [0.1, 0.15) is 25.7 Å². The zero-order chi connectivity index (χ0) is 20.0. The Labute approximate surface area is 169 Å². The molecule has 2 heterocycles. The molecule has 2 aliphatic rings. The van der Waals surface area contributed by atoms with Gasteiger partial charge < -0.3 is 4.98 Å². The highest BCUT2D eigenvalue weighted by molar-refractivity contribution is 7.92. The van der Waals surface area contributed by atoms with Crippen molar-refractivity contribution in [1.29, 1.82) is 0 Å². The van der Waals surface area contributed by atoms with E-state index in [1.807, 2.05) is 30.5 Å². The number of carbonyl (C=O) groups is 1. The van der Waals surface area contributed by atoms with Crippen LogP contribution in [-0.2, 0) is 14.8 Å². The summed E-state index contributed by atoms with van der Waals surface area (Å²) in [6.07, 6.45) is 6.65. The third-order valence-electron chi connectivity index (χ3n) is 5.45. The quantitative estimate of drug-likeness (QED) is 0.556. The highest BCUT2D eigenvalue weighted by Crippen LogP contribution is 2.35. The summed E-state index contributed by atoms with van der Waals surface area (Å²) in [7, 11) is -3.31. The van der Waals surface area contributed by atoms with E-state index in [1.165, 1.54) is 0 Å². The zero-order valence-corrected chi connectivity index (χ0v) is 16.7. The predicted molar refractivity (Wildman–Crippen MR) is 113 cm³/mol. The first-order valence-electron chi connectivity index (χ1n) is 9.85. The molecule has 0 radical (unpaired) electrons. The lowest BCUT2D eigenvalue weighted by molar-refractivity contribution is -0.107. The van der Waals surface area contributed by atoms with Crippen LogP contribution >= 0.6 is 0 Å². The summed E-state index contributed by atoms with van der Waals surface area (Å²) in [5.74, 6) is 1.12. The summed E-state index contributed by atoms with van der Waals surface area (Å²) >= 11 is 0. The van der Waals surface area contributed by atoms with Gasteiger partial charge in [-0.2, -0.15) is 0 Å². The van der Waals surface area contributed by atoms with Crippen LogP contribution in [0.15, 0.2) is 42.6 Å². The minimum Gasteiger partial charge on any atom is -0.346 e. The lowest BCUT2D eigenvalue weighted by Crippen LogP contribution is -2.24. The number of H-pyrrole nitrogens is 1. The molecule has 8 heteroatoms. The Morgan fingerprint density at radius 1 is 1.14 bits per heavy atom. The smallest absolute Gasteiger partial charge is 0.232 e. The monoisotopic (exact) mass is 410 g/mol. The predicted octanol–water partition coefficient (Wildman–Crippen LogP) is 3.51. The molecule has 0 saturated heterocycles. The molecule has 0 aliphatic heterocycles. The van der Waals surface area contributed by atoms with Crippen LogP contribution < -0.4 is 9.62 Å². The van der Waals surface area contributed by atoms with Crippen molar-refractivity contribution in [2.45, 2.75) is 31.7 Å². The van der Waals surface area contributed by atoms with E-state index in [9.17, 15) is 13.2 Å². The molecular weight excluding hydrogens is 388 g/mol. The Bertz CT molecular complexity index is 1160. The van der Waals surface area contributed by atoms with Crippen LogP contribution in [0.25, 0.3) is 22.2 Å². The summed E-state index contributed by atoms with van der Waals surface area (Å²) in [6, 6.07) is 11.4. The lowest BCUT2D eigenvalue weighted by atomic mass is 10.0. The van der Waals surface area contributed by atoms with Crippen molar-refractivity contribution in [2.24, 2.45) is 5.92 Å². The van der Waals surface area contributed by atoms with E-state index in [4.69, 9.17) is 0 Å². The number of hydrogen-bond acceptors (Lipinski definition) is 4. The van der Waals surface area contributed by atoms with Gasteiger partial charge in [-0.25, -0.2) is 13.4 Å². The second-order valence-corrected chi connectivity index (χ2v) is 9.68. The third kappa shape index (κ3) is 3.85. The van der Waals surface area contributed by atoms with Crippen molar-refractivity contribution in [3.63, 3.8) is 0 Å². The number of carbonyl (C=O) groups excluding carboxylic acids is 1. The number of anilines is 2. The molecule has 3 aromatic rings. The maximum atomic E-state index is 12.2. The molecule has 2 fully saturated rings. The Morgan fingerprint density at radius 3 is 2.55 bits per heavy atom. The Hall–Kier alpha value is -2.87. The first kappa shape index (κ1) is 18.2. The van der Waals surface area contributed by atoms with Gasteiger partial charge in [-0.05, 0) is 67.0 Å². The maximum Gasteiger partial charge on any atom is 0.232 e. The topological polar surface area (TPSA) is 95.2 Å². The Kier molecular flexibility index (Phi) is 4.31. The van der Waals surface area contributed by atoms with Crippen LogP contribution in [0.5, 0.6) is 0 Å². The number of sulfonamides is 1. The number of nitrogens with zero attached hydrogens (tertiary/aromatic N) is 2. The summed E-state index contributed by atoms with van der Waals surface area (Å²) in [5.41, 5.74) is 3.16. The molecule has 1 aromatic carbocycles. The first-order valence-corrected chi connectivity index (χ1v) is 11.5. The Morgan fingerprint density at radius 2 is 1.90 bits per heavy atom. The minimum absolute atomic E-state index is 0.190. The fraction of sp³-hybridized carbons (Fsp3) is 0.333. The second kappa shape index (κ2) is 6.88. The standard InChI is InChI=1S/C21H22N4O3S/c26-13-25(17-7-8-17)20-11-19(18-9-10-22-21(18)23-20)15-3-5-16(6-4-15)24-29(27,28)12-14-1-2-14/h3-6,9-11,13-14,17,24H,1-2,7-8,12H2,(H,22,23). The molecule has 0 spiro atoms. The Balaban J connectivity index is 1.46. The van der Waals surface area contributed by atoms with E-state index in [1.54, 1.807) is 17.0 Å². The zero-order valence-electron chi connectivity index (χ0n) is 15.8. The number of aromatic amines is 1. The number of aromatic nitrogens is 2. The number of nitrogens with one attached hydrogen (secondary N) is 2. The van der Waals surface area contributed by atoms with Gasteiger partial charge in [0.15, 0.2) is 0 Å². The molecular formula is C21H22N4O3S. The van der Waals surface area contributed by atoms with Gasteiger partial charge in [0.2, 0.25) is 16.4 Å². The van der Waals surface area contributed by atoms with Gasteiger partial charge in [-0.1, -0.05) is 12.1 Å². The molecule has 29 heavy (non-hydrogen) atoms. The molecule has 2 aromatic heterocycles. The average molecular weight is 410 g/mol. The molecule has 0 atom stereocenters. The van der Waals surface area contributed by atoms with E-state index < -0.39 is 10.0 Å². The number of amides is 1. The molecule has 2 saturated carbocycles. The number of benzene rings is 1. The lowest BCUT2D eigenvalue weighted by Gasteiger charge is -2.17. The molecule has 2 aliphatic carbocycles. The molecule has 150 valence electrons. The summed E-state index contributed by atoms with van der Waals surface area (Å²) < 4.78 is 27.1. The first-order chi connectivity index (χ1) is 14.0. The van der Waals surface area contributed by atoms with Crippen LogP contribution in [0, 0.1) is 5.92 Å². The van der Waals surface area contributed by atoms with Crippen LogP contribution in [0.3, 0.4) is 0 Å². The summed E-state index contributed by atoms with van der Waals surface area (Å²) in [4.78, 5) is 21.0. The van der Waals surface area contributed by atoms with Crippen LogP contribution in [-0.4, -0.2) is 36.6 Å². The van der Waals surface area contributed by atoms with E-state index in [0.29, 0.717) is 17.4 Å². The number of pyridine rings is 1. The molecule has 1 amide bonds. The number of hydrogen-bond donors (Lipinski definition) is 2. The molecule has 0 unspecified atom stereocenters. The van der Waals surface area contributed by atoms with Crippen molar-refractivity contribution in [3.8, 4) is 11.1 Å². The van der Waals surface area contributed by atoms with Crippen molar-refractivity contribution in [1.82, 2.24) is 9.97 Å². The van der Waals surface area contributed by atoms with Gasteiger partial charge in [0, 0.05) is 23.3 Å². The molecule has 2 N–H and O–H groups in total. The largest absolute Gasteiger partial charge is 0.346 e. The molecule has 7 nitrogen and oxygen atoms in total. The molecule has 5 rings (SSSR count). The fourth-order valence-corrected chi connectivity index (χ4v) is 5.14. The van der Waals surface area contributed by atoms with Crippen molar-refractivity contribution >= 4 is 39.0 Å². The fourth-order valence-electron chi connectivity index (χ4n) is 3.61. The highest BCUT2D eigenvalue weighted by Gasteiger charge is 2.30. The normalized spacial score (nSPS) is 16.7. The molecule has 0 bridgehead atoms. The van der Waals surface area contributed by atoms with Gasteiger partial charge in [0.25, 0.3) is 0 Å². The average Bonchev–Trinajstić information content (AvgIpc) is 3.62. The second-order valence-electron chi connectivity index (χ2n) is 7.92. The minimum atomic E-state index is -3.31. The SMILES string of the molecule is O=CN(c1cc(-c2ccc(NS(=O)(=O)CC3CC3)cc2)c2cc[nH]c2n1)C1CC1. The van der Waals surface area contributed by atoms with E-state index in [0.717, 1.165) is 54.3 Å². The van der Waals surface area contributed by atoms with Crippen molar-refractivity contribution in [2.75, 3.05) is 15.4 Å². The van der Waals surface area contributed by atoms with Gasteiger partial charge >= 0.3 is 0 Å². The summed E-state index contributed by atoms with van der Waals surface area (Å²) in [5, 5.41) is 0.956. The number of fused-ring (bicyclic) bond motifs is 1. The summed E-state index contributed by atoms with van der Waals surface area (Å²) in [6.45, 7) is 0.